The highest BCUT2D eigenvalue weighted by molar-refractivity contribution is 5.58. The Balaban J connectivity index is 1.45. The van der Waals surface area contributed by atoms with Gasteiger partial charge in [0.2, 0.25) is 5.95 Å². The molecular formula is C17H24N6O. The van der Waals surface area contributed by atoms with Crippen molar-refractivity contribution in [1.82, 2.24) is 14.9 Å². The van der Waals surface area contributed by atoms with Crippen LogP contribution in [0.15, 0.2) is 36.5 Å². The van der Waals surface area contributed by atoms with Crippen molar-refractivity contribution < 1.29 is 4.74 Å². The van der Waals surface area contributed by atoms with Gasteiger partial charge in [0.05, 0.1) is 12.8 Å². The fourth-order valence-electron chi connectivity index (χ4n) is 2.89. The quantitative estimate of drug-likeness (QED) is 0.827. The van der Waals surface area contributed by atoms with Crippen LogP contribution in [-0.4, -0.2) is 61.2 Å². The van der Waals surface area contributed by atoms with Crippen LogP contribution in [-0.2, 0) is 0 Å². The minimum absolute atomic E-state index is 0.484. The summed E-state index contributed by atoms with van der Waals surface area (Å²) in [5.74, 6) is 2.01. The number of anilines is 3. The van der Waals surface area contributed by atoms with Crippen LogP contribution < -0.4 is 20.7 Å². The molecule has 2 heterocycles. The number of rotatable bonds is 6. The first kappa shape index (κ1) is 16.3. The summed E-state index contributed by atoms with van der Waals surface area (Å²) in [6.45, 7) is 5.80. The molecule has 128 valence electrons. The lowest BCUT2D eigenvalue weighted by molar-refractivity contribution is 0.266. The van der Waals surface area contributed by atoms with E-state index in [9.17, 15) is 0 Å². The van der Waals surface area contributed by atoms with Gasteiger partial charge < -0.3 is 20.7 Å². The lowest BCUT2D eigenvalue weighted by atomic mass is 10.2. The van der Waals surface area contributed by atoms with Gasteiger partial charge in [0.15, 0.2) is 0 Å². The second kappa shape index (κ2) is 7.83. The van der Waals surface area contributed by atoms with Crippen molar-refractivity contribution in [2.75, 3.05) is 62.3 Å². The van der Waals surface area contributed by atoms with E-state index in [-0.39, 0.29) is 0 Å². The number of benzene rings is 1. The highest BCUT2D eigenvalue weighted by Gasteiger charge is 2.19. The Hall–Kier alpha value is -2.54. The summed E-state index contributed by atoms with van der Waals surface area (Å²) in [5.41, 5.74) is 6.82. The second-order valence-electron chi connectivity index (χ2n) is 5.73. The summed E-state index contributed by atoms with van der Waals surface area (Å²) in [4.78, 5) is 13.1. The lowest BCUT2D eigenvalue weighted by Gasteiger charge is -2.36. The molecule has 0 spiro atoms. The molecule has 24 heavy (non-hydrogen) atoms. The van der Waals surface area contributed by atoms with Crippen LogP contribution in [0.2, 0.25) is 0 Å². The summed E-state index contributed by atoms with van der Waals surface area (Å²) in [6, 6.07) is 9.87. The van der Waals surface area contributed by atoms with Crippen LogP contribution in [0.5, 0.6) is 5.75 Å². The van der Waals surface area contributed by atoms with E-state index in [1.165, 1.54) is 5.69 Å². The maximum Gasteiger partial charge on any atom is 0.224 e. The molecule has 0 atom stereocenters. The van der Waals surface area contributed by atoms with Gasteiger partial charge in [-0.15, -0.1) is 0 Å². The molecule has 0 bridgehead atoms. The Labute approximate surface area is 142 Å². The average Bonchev–Trinajstić information content (AvgIpc) is 2.62. The minimum atomic E-state index is 0.484. The fourth-order valence-corrected chi connectivity index (χ4v) is 2.89. The van der Waals surface area contributed by atoms with Gasteiger partial charge in [0.25, 0.3) is 0 Å². The highest BCUT2D eigenvalue weighted by Crippen LogP contribution is 2.28. The van der Waals surface area contributed by atoms with Crippen LogP contribution in [0, 0.1) is 0 Å². The van der Waals surface area contributed by atoms with E-state index in [2.05, 4.69) is 37.2 Å². The number of nitrogen functional groups attached to an aromatic ring is 1. The van der Waals surface area contributed by atoms with E-state index in [0.717, 1.165) is 45.0 Å². The molecule has 1 aliphatic heterocycles. The lowest BCUT2D eigenvalue weighted by Crippen LogP contribution is -2.47. The third-order valence-corrected chi connectivity index (χ3v) is 4.19. The number of methoxy groups -OCH3 is 1. The number of nitrogens with zero attached hydrogens (tertiary/aromatic N) is 4. The molecule has 3 rings (SSSR count). The average molecular weight is 328 g/mol. The number of piperazine rings is 1. The number of nitrogens with two attached hydrogens (primary N) is 1. The van der Waals surface area contributed by atoms with E-state index in [1.54, 1.807) is 19.4 Å². The van der Waals surface area contributed by atoms with Gasteiger partial charge >= 0.3 is 0 Å². The second-order valence-corrected chi connectivity index (χ2v) is 5.73. The number of hydrogen-bond donors (Lipinski definition) is 2. The van der Waals surface area contributed by atoms with Crippen molar-refractivity contribution in [2.24, 2.45) is 0 Å². The van der Waals surface area contributed by atoms with Gasteiger partial charge in [-0.25, -0.2) is 4.98 Å². The largest absolute Gasteiger partial charge is 0.495 e. The van der Waals surface area contributed by atoms with Crippen LogP contribution in [0.4, 0.5) is 17.5 Å². The van der Waals surface area contributed by atoms with Gasteiger partial charge in [-0.3, -0.25) is 4.90 Å². The molecule has 2 aromatic rings. The first-order valence-electron chi connectivity index (χ1n) is 8.19. The Morgan fingerprint density at radius 3 is 2.71 bits per heavy atom. The topological polar surface area (TPSA) is 79.5 Å². The van der Waals surface area contributed by atoms with E-state index in [0.29, 0.717) is 11.8 Å². The SMILES string of the molecule is COc1ccccc1N1CCN(CCNc2nccc(N)n2)CC1. The Bertz CT molecular complexity index is 657. The Morgan fingerprint density at radius 2 is 1.96 bits per heavy atom. The maximum atomic E-state index is 5.65. The zero-order valence-corrected chi connectivity index (χ0v) is 14.0. The number of ether oxygens (including phenoxy) is 1. The van der Waals surface area contributed by atoms with Gasteiger partial charge in [0.1, 0.15) is 11.6 Å². The van der Waals surface area contributed by atoms with Crippen molar-refractivity contribution in [2.45, 2.75) is 0 Å². The smallest absolute Gasteiger partial charge is 0.224 e. The highest BCUT2D eigenvalue weighted by atomic mass is 16.5. The zero-order valence-electron chi connectivity index (χ0n) is 14.0. The predicted molar refractivity (Wildman–Crippen MR) is 96.6 cm³/mol. The molecule has 0 amide bonds. The van der Waals surface area contributed by atoms with Crippen molar-refractivity contribution in [3.05, 3.63) is 36.5 Å². The fraction of sp³-hybridized carbons (Fsp3) is 0.412. The first-order chi connectivity index (χ1) is 11.8. The molecule has 0 radical (unpaired) electrons. The molecular weight excluding hydrogens is 304 g/mol. The summed E-state index contributed by atoms with van der Waals surface area (Å²) >= 11 is 0. The van der Waals surface area contributed by atoms with Crippen molar-refractivity contribution in [3.8, 4) is 5.75 Å². The summed E-state index contributed by atoms with van der Waals surface area (Å²) in [6.07, 6.45) is 1.66. The van der Waals surface area contributed by atoms with Crippen molar-refractivity contribution in [1.29, 1.82) is 0 Å². The standard InChI is InChI=1S/C17H24N6O/c1-24-15-5-3-2-4-14(15)23-12-10-22(11-13-23)9-8-20-17-19-7-6-16(18)21-17/h2-7H,8-13H2,1H3,(H3,18,19,20,21). The summed E-state index contributed by atoms with van der Waals surface area (Å²) in [7, 11) is 1.72. The van der Waals surface area contributed by atoms with Gasteiger partial charge in [-0.1, -0.05) is 12.1 Å². The first-order valence-corrected chi connectivity index (χ1v) is 8.19. The predicted octanol–water partition coefficient (Wildman–Crippen LogP) is 1.30. The minimum Gasteiger partial charge on any atom is -0.495 e. The number of para-hydroxylation sites is 2. The number of aromatic nitrogens is 2. The van der Waals surface area contributed by atoms with Gasteiger partial charge in [0, 0.05) is 45.5 Å². The van der Waals surface area contributed by atoms with Crippen molar-refractivity contribution in [3.63, 3.8) is 0 Å². The summed E-state index contributed by atoms with van der Waals surface area (Å²) < 4.78 is 5.46. The van der Waals surface area contributed by atoms with Crippen LogP contribution in [0.1, 0.15) is 0 Å². The molecule has 0 saturated carbocycles. The number of hydrogen-bond acceptors (Lipinski definition) is 7. The molecule has 7 nitrogen and oxygen atoms in total. The van der Waals surface area contributed by atoms with E-state index in [4.69, 9.17) is 10.5 Å². The van der Waals surface area contributed by atoms with Gasteiger partial charge in [-0.2, -0.15) is 4.98 Å². The van der Waals surface area contributed by atoms with Crippen LogP contribution >= 0.6 is 0 Å². The number of nitrogens with one attached hydrogen (secondary N) is 1. The molecule has 7 heteroatoms. The monoisotopic (exact) mass is 328 g/mol. The van der Waals surface area contributed by atoms with Crippen molar-refractivity contribution >= 4 is 17.5 Å². The van der Waals surface area contributed by atoms with E-state index in [1.807, 2.05) is 12.1 Å². The molecule has 1 aliphatic rings. The zero-order chi connectivity index (χ0) is 16.8. The van der Waals surface area contributed by atoms with Crippen LogP contribution in [0.3, 0.4) is 0 Å². The molecule has 1 saturated heterocycles. The molecule has 0 unspecified atom stereocenters. The molecule has 1 aromatic heterocycles. The summed E-state index contributed by atoms with van der Waals surface area (Å²) in [5, 5.41) is 3.22. The maximum absolute atomic E-state index is 5.65. The molecule has 0 aliphatic carbocycles. The van der Waals surface area contributed by atoms with E-state index < -0.39 is 0 Å². The van der Waals surface area contributed by atoms with Gasteiger partial charge in [-0.05, 0) is 18.2 Å². The molecule has 3 N–H and O–H groups in total. The third kappa shape index (κ3) is 4.05. The van der Waals surface area contributed by atoms with Crippen LogP contribution in [0.25, 0.3) is 0 Å². The Morgan fingerprint density at radius 1 is 1.17 bits per heavy atom. The molecule has 1 aromatic carbocycles. The Kier molecular flexibility index (Phi) is 5.32. The third-order valence-electron chi connectivity index (χ3n) is 4.19. The normalized spacial score (nSPS) is 15.3. The van der Waals surface area contributed by atoms with E-state index >= 15 is 0 Å². The molecule has 1 fully saturated rings.